The molecule has 24 heavy (non-hydrogen) atoms. The van der Waals surface area contributed by atoms with Crippen LogP contribution >= 0.6 is 23.1 Å². The lowest BCUT2D eigenvalue weighted by atomic mass is 10.3. The number of carbonyl (C=O) groups excluding carboxylic acids is 2. The number of nitrogens with one attached hydrogen (secondary N) is 3. The quantitative estimate of drug-likeness (QED) is 0.375. The van der Waals surface area contributed by atoms with E-state index in [4.69, 9.17) is 4.74 Å². The highest BCUT2D eigenvalue weighted by molar-refractivity contribution is 8.01. The molecule has 3 N–H and O–H groups in total. The van der Waals surface area contributed by atoms with Crippen molar-refractivity contribution in [3.05, 3.63) is 30.3 Å². The highest BCUT2D eigenvalue weighted by atomic mass is 32.2. The summed E-state index contributed by atoms with van der Waals surface area (Å²) in [5.74, 6) is 0.123. The molecule has 128 valence electrons. The van der Waals surface area contributed by atoms with Gasteiger partial charge in [-0.1, -0.05) is 41.3 Å². The Bertz CT molecular complexity index is 665. The average molecular weight is 367 g/mol. The first-order chi connectivity index (χ1) is 11.7. The lowest BCUT2D eigenvalue weighted by Gasteiger charge is -2.04. The number of thioether (sulfide) groups is 1. The molecule has 0 bridgehead atoms. The van der Waals surface area contributed by atoms with Gasteiger partial charge < -0.3 is 15.4 Å². The van der Waals surface area contributed by atoms with E-state index in [1.807, 2.05) is 18.2 Å². The van der Waals surface area contributed by atoms with Crippen LogP contribution in [0.5, 0.6) is 0 Å². The van der Waals surface area contributed by atoms with Gasteiger partial charge in [0, 0.05) is 19.3 Å². The van der Waals surface area contributed by atoms with Gasteiger partial charge in [0.15, 0.2) is 4.34 Å². The van der Waals surface area contributed by atoms with Crippen molar-refractivity contribution in [1.29, 1.82) is 0 Å². The highest BCUT2D eigenvalue weighted by Crippen LogP contribution is 2.25. The van der Waals surface area contributed by atoms with Crippen LogP contribution in [0.4, 0.5) is 15.6 Å². The van der Waals surface area contributed by atoms with Crippen molar-refractivity contribution in [2.75, 3.05) is 36.6 Å². The number of methoxy groups -OCH3 is 1. The maximum absolute atomic E-state index is 11.8. The normalized spacial score (nSPS) is 10.2. The van der Waals surface area contributed by atoms with Gasteiger partial charge in [-0.2, -0.15) is 0 Å². The predicted molar refractivity (Wildman–Crippen MR) is 94.6 cm³/mol. The number of amides is 3. The first-order valence-corrected chi connectivity index (χ1v) is 8.82. The number of nitrogens with zero attached hydrogens (tertiary/aromatic N) is 2. The lowest BCUT2D eigenvalue weighted by molar-refractivity contribution is -0.118. The van der Waals surface area contributed by atoms with Gasteiger partial charge in [-0.3, -0.25) is 10.1 Å². The van der Waals surface area contributed by atoms with Crippen LogP contribution in [0.1, 0.15) is 0 Å². The summed E-state index contributed by atoms with van der Waals surface area (Å²) in [6.45, 7) is 0.943. The highest BCUT2D eigenvalue weighted by Gasteiger charge is 2.10. The Kier molecular flexibility index (Phi) is 7.46. The number of para-hydroxylation sites is 1. The molecule has 10 heteroatoms. The molecule has 2 rings (SSSR count). The third-order valence-corrected chi connectivity index (χ3v) is 4.59. The molecule has 0 atom stereocenters. The van der Waals surface area contributed by atoms with Gasteiger partial charge in [0.2, 0.25) is 11.0 Å². The Morgan fingerprint density at radius 3 is 2.75 bits per heavy atom. The van der Waals surface area contributed by atoms with Crippen LogP contribution in [-0.2, 0) is 9.53 Å². The van der Waals surface area contributed by atoms with Crippen molar-refractivity contribution in [3.8, 4) is 0 Å². The Morgan fingerprint density at radius 1 is 1.21 bits per heavy atom. The first kappa shape index (κ1) is 18.2. The summed E-state index contributed by atoms with van der Waals surface area (Å²) < 4.78 is 5.45. The molecule has 1 heterocycles. The third kappa shape index (κ3) is 6.52. The van der Waals surface area contributed by atoms with Gasteiger partial charge >= 0.3 is 6.03 Å². The van der Waals surface area contributed by atoms with Crippen LogP contribution in [0, 0.1) is 0 Å². The van der Waals surface area contributed by atoms with Crippen molar-refractivity contribution < 1.29 is 14.3 Å². The Hall–Kier alpha value is -2.17. The van der Waals surface area contributed by atoms with Gasteiger partial charge in [-0.25, -0.2) is 4.79 Å². The van der Waals surface area contributed by atoms with Crippen molar-refractivity contribution in [2.45, 2.75) is 4.34 Å². The van der Waals surface area contributed by atoms with E-state index in [0.717, 1.165) is 0 Å². The fraction of sp³-hybridized carbons (Fsp3) is 0.286. The number of rotatable bonds is 8. The largest absolute Gasteiger partial charge is 0.383 e. The van der Waals surface area contributed by atoms with E-state index in [-0.39, 0.29) is 11.7 Å². The summed E-state index contributed by atoms with van der Waals surface area (Å²) in [7, 11) is 1.57. The second-order valence-electron chi connectivity index (χ2n) is 4.45. The molecule has 0 radical (unpaired) electrons. The van der Waals surface area contributed by atoms with Crippen molar-refractivity contribution in [1.82, 2.24) is 15.5 Å². The summed E-state index contributed by atoms with van der Waals surface area (Å²) in [5.41, 5.74) is 0.682. The number of hydrogen-bond acceptors (Lipinski definition) is 7. The van der Waals surface area contributed by atoms with Gasteiger partial charge in [-0.15, -0.1) is 10.2 Å². The maximum Gasteiger partial charge on any atom is 0.325 e. The molecule has 0 saturated heterocycles. The molecule has 0 aliphatic carbocycles. The van der Waals surface area contributed by atoms with Crippen LogP contribution in [-0.4, -0.2) is 48.1 Å². The number of anilines is 2. The van der Waals surface area contributed by atoms with E-state index in [1.54, 1.807) is 19.2 Å². The molecular formula is C14H17N5O3S2. The first-order valence-electron chi connectivity index (χ1n) is 7.02. The smallest absolute Gasteiger partial charge is 0.325 e. The fourth-order valence-corrected chi connectivity index (χ4v) is 3.15. The molecule has 8 nitrogen and oxygen atoms in total. The number of hydrogen-bond donors (Lipinski definition) is 3. The minimum Gasteiger partial charge on any atom is -0.383 e. The topological polar surface area (TPSA) is 105 Å². The molecule has 0 aliphatic rings. The zero-order valence-corrected chi connectivity index (χ0v) is 14.6. The lowest BCUT2D eigenvalue weighted by Crippen LogP contribution is -2.28. The van der Waals surface area contributed by atoms with E-state index in [9.17, 15) is 9.59 Å². The summed E-state index contributed by atoms with van der Waals surface area (Å²) in [6.07, 6.45) is 0. The second kappa shape index (κ2) is 9.85. The van der Waals surface area contributed by atoms with E-state index < -0.39 is 6.03 Å². The minimum absolute atomic E-state index is 0.108. The molecule has 0 saturated carbocycles. The van der Waals surface area contributed by atoms with Crippen LogP contribution in [0.3, 0.4) is 0 Å². The number of carbonyl (C=O) groups is 2. The number of benzene rings is 1. The van der Waals surface area contributed by atoms with Crippen molar-refractivity contribution in [3.63, 3.8) is 0 Å². The van der Waals surface area contributed by atoms with E-state index in [2.05, 4.69) is 26.1 Å². The van der Waals surface area contributed by atoms with E-state index in [0.29, 0.717) is 28.3 Å². The maximum atomic E-state index is 11.8. The fourth-order valence-electron chi connectivity index (χ4n) is 1.57. The van der Waals surface area contributed by atoms with Gasteiger partial charge in [0.05, 0.1) is 12.4 Å². The van der Waals surface area contributed by atoms with Gasteiger partial charge in [0.25, 0.3) is 0 Å². The Balaban J connectivity index is 1.74. The third-order valence-electron chi connectivity index (χ3n) is 2.61. The minimum atomic E-state index is -0.397. The molecule has 1 aromatic heterocycles. The van der Waals surface area contributed by atoms with Crippen molar-refractivity contribution >= 4 is 45.9 Å². The average Bonchev–Trinajstić information content (AvgIpc) is 3.01. The summed E-state index contributed by atoms with van der Waals surface area (Å²) in [5, 5.41) is 16.2. The molecule has 2 aromatic rings. The number of ether oxygens (including phenoxy) is 1. The molecule has 0 spiro atoms. The number of urea groups is 1. The molecular weight excluding hydrogens is 350 g/mol. The van der Waals surface area contributed by atoms with E-state index >= 15 is 0 Å². The zero-order valence-electron chi connectivity index (χ0n) is 12.9. The molecule has 0 aliphatic heterocycles. The van der Waals surface area contributed by atoms with Crippen LogP contribution in [0.25, 0.3) is 0 Å². The zero-order chi connectivity index (χ0) is 17.2. The second-order valence-corrected chi connectivity index (χ2v) is 6.65. The van der Waals surface area contributed by atoms with Crippen molar-refractivity contribution in [2.24, 2.45) is 0 Å². The Labute approximate surface area is 147 Å². The van der Waals surface area contributed by atoms with Gasteiger partial charge in [-0.05, 0) is 12.1 Å². The van der Waals surface area contributed by atoms with E-state index in [1.165, 1.54) is 23.1 Å². The summed E-state index contributed by atoms with van der Waals surface area (Å²) >= 11 is 2.47. The predicted octanol–water partition coefficient (Wildman–Crippen LogP) is 2.04. The van der Waals surface area contributed by atoms with Crippen LogP contribution < -0.4 is 16.0 Å². The summed E-state index contributed by atoms with van der Waals surface area (Å²) in [6, 6.07) is 8.68. The van der Waals surface area contributed by atoms with Crippen LogP contribution in [0.2, 0.25) is 0 Å². The standard InChI is InChI=1S/C14H17N5O3S2/c1-22-8-7-15-11(20)9-23-14-19-18-13(24-14)17-12(21)16-10-5-3-2-4-6-10/h2-6H,7-9H2,1H3,(H,15,20)(H2,16,17,18,21). The monoisotopic (exact) mass is 367 g/mol. The van der Waals surface area contributed by atoms with Gasteiger partial charge in [0.1, 0.15) is 0 Å². The molecule has 0 unspecified atom stereocenters. The number of aromatic nitrogens is 2. The Morgan fingerprint density at radius 2 is 2.00 bits per heavy atom. The van der Waals surface area contributed by atoms with Crippen LogP contribution in [0.15, 0.2) is 34.7 Å². The molecule has 0 fully saturated rings. The summed E-state index contributed by atoms with van der Waals surface area (Å²) in [4.78, 5) is 23.4. The SMILES string of the molecule is COCCNC(=O)CSc1nnc(NC(=O)Nc2ccccc2)s1. The molecule has 3 amide bonds. The molecule has 1 aromatic carbocycles.